The van der Waals surface area contributed by atoms with Crippen LogP contribution in [0, 0.1) is 6.92 Å². The van der Waals surface area contributed by atoms with Gasteiger partial charge in [-0.05, 0) is 43.9 Å². The molecule has 138 valence electrons. The molecule has 0 N–H and O–H groups in total. The Balaban J connectivity index is 1.59. The van der Waals surface area contributed by atoms with Crippen LogP contribution in [0.4, 0.5) is 5.69 Å². The molecule has 26 heavy (non-hydrogen) atoms. The Kier molecular flexibility index (Phi) is 6.45. The molecule has 2 aromatic carbocycles. The lowest BCUT2D eigenvalue weighted by Gasteiger charge is -2.38. The van der Waals surface area contributed by atoms with E-state index in [1.807, 2.05) is 11.8 Å². The molecular weight excluding hydrogens is 320 g/mol. The summed E-state index contributed by atoms with van der Waals surface area (Å²) < 4.78 is 0. The highest BCUT2D eigenvalue weighted by molar-refractivity contribution is 5.93. The zero-order valence-corrected chi connectivity index (χ0v) is 16.0. The van der Waals surface area contributed by atoms with E-state index in [9.17, 15) is 4.79 Å². The van der Waals surface area contributed by atoms with E-state index in [4.69, 9.17) is 0 Å². The Morgan fingerprint density at radius 1 is 1.04 bits per heavy atom. The Morgan fingerprint density at radius 3 is 2.31 bits per heavy atom. The highest BCUT2D eigenvalue weighted by Gasteiger charge is 2.28. The SMILES string of the molecule is CCC(=O)N(c1ccc(C)cc1)C1CCN(CCc2ccccc2)CC1. The molecule has 0 bridgehead atoms. The molecule has 0 radical (unpaired) electrons. The summed E-state index contributed by atoms with van der Waals surface area (Å²) in [5.41, 5.74) is 3.68. The predicted octanol–water partition coefficient (Wildman–Crippen LogP) is 4.45. The molecule has 0 unspecified atom stereocenters. The van der Waals surface area contributed by atoms with Gasteiger partial charge >= 0.3 is 0 Å². The smallest absolute Gasteiger partial charge is 0.226 e. The standard InChI is InChI=1S/C23H30N2O/c1-3-23(26)25(21-11-9-19(2)10-12-21)22-14-17-24(18-15-22)16-13-20-7-5-4-6-8-20/h4-12,22H,3,13-18H2,1-2H3. The third kappa shape index (κ3) is 4.73. The number of hydrogen-bond donors (Lipinski definition) is 0. The molecule has 1 aliphatic heterocycles. The third-order valence-electron chi connectivity index (χ3n) is 5.37. The number of piperidine rings is 1. The van der Waals surface area contributed by atoms with Gasteiger partial charge in [0.15, 0.2) is 0 Å². The second kappa shape index (κ2) is 9.00. The first-order valence-corrected chi connectivity index (χ1v) is 9.82. The summed E-state index contributed by atoms with van der Waals surface area (Å²) in [7, 11) is 0. The number of aryl methyl sites for hydroxylation is 1. The molecule has 1 saturated heterocycles. The maximum Gasteiger partial charge on any atom is 0.226 e. The molecule has 1 heterocycles. The second-order valence-corrected chi connectivity index (χ2v) is 7.26. The maximum atomic E-state index is 12.6. The van der Waals surface area contributed by atoms with Gasteiger partial charge in [-0.3, -0.25) is 4.79 Å². The summed E-state index contributed by atoms with van der Waals surface area (Å²) in [6.07, 6.45) is 3.76. The van der Waals surface area contributed by atoms with Crippen LogP contribution < -0.4 is 4.90 Å². The minimum absolute atomic E-state index is 0.233. The number of hydrogen-bond acceptors (Lipinski definition) is 2. The first-order chi connectivity index (χ1) is 12.7. The largest absolute Gasteiger partial charge is 0.309 e. The van der Waals surface area contributed by atoms with Crippen molar-refractivity contribution in [3.63, 3.8) is 0 Å². The van der Waals surface area contributed by atoms with Crippen LogP contribution in [0.3, 0.4) is 0 Å². The molecule has 0 saturated carbocycles. The highest BCUT2D eigenvalue weighted by atomic mass is 16.2. The number of carbonyl (C=O) groups is 1. The Hall–Kier alpha value is -2.13. The van der Waals surface area contributed by atoms with Crippen molar-refractivity contribution in [1.82, 2.24) is 4.90 Å². The van der Waals surface area contributed by atoms with Gasteiger partial charge in [-0.25, -0.2) is 0 Å². The predicted molar refractivity (Wildman–Crippen MR) is 109 cm³/mol. The van der Waals surface area contributed by atoms with Crippen molar-refractivity contribution in [3.8, 4) is 0 Å². The first-order valence-electron chi connectivity index (χ1n) is 9.82. The maximum absolute atomic E-state index is 12.6. The summed E-state index contributed by atoms with van der Waals surface area (Å²) in [6.45, 7) is 7.27. The molecule has 0 atom stereocenters. The van der Waals surface area contributed by atoms with Crippen molar-refractivity contribution in [2.45, 2.75) is 45.6 Å². The molecule has 0 spiro atoms. The third-order valence-corrected chi connectivity index (χ3v) is 5.37. The van der Waals surface area contributed by atoms with E-state index in [2.05, 4.69) is 66.4 Å². The van der Waals surface area contributed by atoms with E-state index in [0.717, 1.165) is 44.6 Å². The van der Waals surface area contributed by atoms with E-state index in [-0.39, 0.29) is 5.91 Å². The number of carbonyl (C=O) groups excluding carboxylic acids is 1. The van der Waals surface area contributed by atoms with E-state index in [1.54, 1.807) is 0 Å². The molecule has 2 aromatic rings. The minimum atomic E-state index is 0.233. The zero-order valence-electron chi connectivity index (χ0n) is 16.0. The van der Waals surface area contributed by atoms with Gasteiger partial charge in [-0.1, -0.05) is 55.0 Å². The Morgan fingerprint density at radius 2 is 1.69 bits per heavy atom. The van der Waals surface area contributed by atoms with Crippen molar-refractivity contribution >= 4 is 11.6 Å². The average Bonchev–Trinajstić information content (AvgIpc) is 2.69. The minimum Gasteiger partial charge on any atom is -0.309 e. The van der Waals surface area contributed by atoms with Gasteiger partial charge in [0.2, 0.25) is 5.91 Å². The molecular formula is C23H30N2O. The van der Waals surface area contributed by atoms with Gasteiger partial charge in [0.1, 0.15) is 0 Å². The number of anilines is 1. The molecule has 0 aliphatic carbocycles. The number of benzene rings is 2. The summed E-state index contributed by atoms with van der Waals surface area (Å²) in [4.78, 5) is 17.2. The first kappa shape index (κ1) is 18.7. The summed E-state index contributed by atoms with van der Waals surface area (Å²) in [5.74, 6) is 0.233. The Labute approximate surface area is 157 Å². The van der Waals surface area contributed by atoms with Crippen LogP contribution >= 0.6 is 0 Å². The highest BCUT2D eigenvalue weighted by Crippen LogP contribution is 2.25. The summed E-state index contributed by atoms with van der Waals surface area (Å²) in [5, 5.41) is 0. The molecule has 1 fully saturated rings. The lowest BCUT2D eigenvalue weighted by atomic mass is 10.0. The summed E-state index contributed by atoms with van der Waals surface area (Å²) in [6, 6.07) is 19.4. The van der Waals surface area contributed by atoms with Gasteiger partial charge in [0, 0.05) is 37.8 Å². The van der Waals surface area contributed by atoms with E-state index in [0.29, 0.717) is 12.5 Å². The fourth-order valence-electron chi connectivity index (χ4n) is 3.77. The summed E-state index contributed by atoms with van der Waals surface area (Å²) >= 11 is 0. The van der Waals surface area contributed by atoms with Gasteiger partial charge in [-0.15, -0.1) is 0 Å². The van der Waals surface area contributed by atoms with E-state index < -0.39 is 0 Å². The van der Waals surface area contributed by atoms with Gasteiger partial charge in [-0.2, -0.15) is 0 Å². The lowest BCUT2D eigenvalue weighted by Crippen LogP contribution is -2.47. The van der Waals surface area contributed by atoms with Crippen LogP contribution in [0.25, 0.3) is 0 Å². The van der Waals surface area contributed by atoms with Crippen LogP contribution in [-0.2, 0) is 11.2 Å². The zero-order chi connectivity index (χ0) is 18.4. The molecule has 3 rings (SSSR count). The molecule has 1 amide bonds. The second-order valence-electron chi connectivity index (χ2n) is 7.26. The van der Waals surface area contributed by atoms with Crippen LogP contribution in [0.1, 0.15) is 37.3 Å². The fraction of sp³-hybridized carbons (Fsp3) is 0.435. The van der Waals surface area contributed by atoms with Crippen molar-refractivity contribution in [3.05, 3.63) is 65.7 Å². The van der Waals surface area contributed by atoms with E-state index in [1.165, 1.54) is 11.1 Å². The van der Waals surface area contributed by atoms with Crippen molar-refractivity contribution in [2.24, 2.45) is 0 Å². The molecule has 0 aromatic heterocycles. The normalized spacial score (nSPS) is 15.8. The van der Waals surface area contributed by atoms with Crippen LogP contribution in [-0.4, -0.2) is 36.5 Å². The van der Waals surface area contributed by atoms with Gasteiger partial charge in [0.25, 0.3) is 0 Å². The van der Waals surface area contributed by atoms with Crippen LogP contribution in [0.2, 0.25) is 0 Å². The van der Waals surface area contributed by atoms with Crippen molar-refractivity contribution < 1.29 is 4.79 Å². The number of likely N-dealkylation sites (tertiary alicyclic amines) is 1. The number of amides is 1. The van der Waals surface area contributed by atoms with Crippen molar-refractivity contribution in [1.29, 1.82) is 0 Å². The topological polar surface area (TPSA) is 23.6 Å². The van der Waals surface area contributed by atoms with Crippen LogP contribution in [0.5, 0.6) is 0 Å². The number of rotatable bonds is 6. The fourth-order valence-corrected chi connectivity index (χ4v) is 3.77. The monoisotopic (exact) mass is 350 g/mol. The van der Waals surface area contributed by atoms with Gasteiger partial charge < -0.3 is 9.80 Å². The van der Waals surface area contributed by atoms with Crippen LogP contribution in [0.15, 0.2) is 54.6 Å². The molecule has 3 nitrogen and oxygen atoms in total. The number of nitrogens with zero attached hydrogens (tertiary/aromatic N) is 2. The quantitative estimate of drug-likeness (QED) is 0.769. The lowest BCUT2D eigenvalue weighted by molar-refractivity contribution is -0.119. The van der Waals surface area contributed by atoms with Gasteiger partial charge in [0.05, 0.1) is 0 Å². The average molecular weight is 351 g/mol. The van der Waals surface area contributed by atoms with Crippen molar-refractivity contribution in [2.75, 3.05) is 24.5 Å². The Bertz CT molecular complexity index is 688. The molecule has 1 aliphatic rings. The molecule has 3 heteroatoms. The van der Waals surface area contributed by atoms with E-state index >= 15 is 0 Å².